The zero-order valence-corrected chi connectivity index (χ0v) is 12.8. The molecule has 0 fully saturated rings. The smallest absolute Gasteiger partial charge is 0.349 e. The van der Waals surface area contributed by atoms with Gasteiger partial charge in [-0.25, -0.2) is 19.3 Å². The topological polar surface area (TPSA) is 75.1 Å². The molecule has 0 saturated heterocycles. The average Bonchev–Trinajstić information content (AvgIpc) is 2.80. The first-order valence-corrected chi connectivity index (χ1v) is 8.29. The Morgan fingerprint density at radius 1 is 1.35 bits per heavy atom. The number of aromatic nitrogens is 4. The fourth-order valence-electron chi connectivity index (χ4n) is 2.13. The van der Waals surface area contributed by atoms with Crippen LogP contribution in [0.15, 0.2) is 10.9 Å². The van der Waals surface area contributed by atoms with Crippen LogP contribution in [-0.2, 0) is 0 Å². The lowest BCUT2D eigenvalue weighted by Crippen LogP contribution is -2.14. The molecule has 2 heterocycles. The van der Waals surface area contributed by atoms with Crippen LogP contribution in [0.1, 0.15) is 31.5 Å². The number of hydrogen-bond donors (Lipinski definition) is 2. The second kappa shape index (κ2) is 7.33. The van der Waals surface area contributed by atoms with Crippen molar-refractivity contribution < 1.29 is 0 Å². The highest BCUT2D eigenvalue weighted by Crippen LogP contribution is 2.09. The summed E-state index contributed by atoms with van der Waals surface area (Å²) < 4.78 is 1.47. The molecule has 0 amide bonds. The maximum atomic E-state index is 11.5. The number of aryl methyl sites for hydroxylation is 1. The molecule has 20 heavy (non-hydrogen) atoms. The predicted molar refractivity (Wildman–Crippen MR) is 83.7 cm³/mol. The number of unbranched alkanes of at least 4 members (excludes halogenated alkanes) is 3. The number of thioether (sulfide) groups is 1. The minimum absolute atomic E-state index is 0.245. The first-order chi connectivity index (χ1) is 9.72. The third-order valence-corrected chi connectivity index (χ3v) is 3.85. The van der Waals surface area contributed by atoms with Gasteiger partial charge in [0.25, 0.3) is 0 Å². The number of nitrogens with zero attached hydrogens (tertiary/aromatic N) is 3. The molecular weight excluding hydrogens is 274 g/mol. The molecule has 2 N–H and O–H groups in total. The van der Waals surface area contributed by atoms with Gasteiger partial charge < -0.3 is 5.32 Å². The molecule has 0 spiro atoms. The summed E-state index contributed by atoms with van der Waals surface area (Å²) in [6.07, 6.45) is 7.08. The Morgan fingerprint density at radius 2 is 2.15 bits per heavy atom. The van der Waals surface area contributed by atoms with Crippen molar-refractivity contribution in [2.24, 2.45) is 0 Å². The Morgan fingerprint density at radius 3 is 2.95 bits per heavy atom. The SMILES string of the molecule is CSCCCCCCNc1cc2n[nH]c(=O)n2c(C)n1. The Balaban J connectivity index is 1.83. The van der Waals surface area contributed by atoms with E-state index < -0.39 is 0 Å². The Kier molecular flexibility index (Phi) is 5.46. The van der Waals surface area contributed by atoms with Crippen molar-refractivity contribution in [3.05, 3.63) is 22.4 Å². The molecule has 2 aromatic heterocycles. The van der Waals surface area contributed by atoms with E-state index in [-0.39, 0.29) is 5.69 Å². The van der Waals surface area contributed by atoms with Gasteiger partial charge in [0.15, 0.2) is 5.65 Å². The van der Waals surface area contributed by atoms with Crippen molar-refractivity contribution in [3.63, 3.8) is 0 Å². The molecule has 0 bridgehead atoms. The molecule has 0 atom stereocenters. The van der Waals surface area contributed by atoms with E-state index in [0.29, 0.717) is 11.5 Å². The molecule has 2 aromatic rings. The van der Waals surface area contributed by atoms with Crippen LogP contribution in [0.2, 0.25) is 0 Å². The van der Waals surface area contributed by atoms with Gasteiger partial charge in [-0.1, -0.05) is 12.8 Å². The highest BCUT2D eigenvalue weighted by atomic mass is 32.2. The number of H-pyrrole nitrogens is 1. The molecule has 2 rings (SSSR count). The molecule has 7 heteroatoms. The van der Waals surface area contributed by atoms with Crippen molar-refractivity contribution in [1.29, 1.82) is 0 Å². The van der Waals surface area contributed by atoms with Crippen molar-refractivity contribution in [3.8, 4) is 0 Å². The van der Waals surface area contributed by atoms with Crippen LogP contribution in [0.25, 0.3) is 5.65 Å². The van der Waals surface area contributed by atoms with Crippen LogP contribution in [-0.4, -0.2) is 38.1 Å². The molecule has 0 aliphatic rings. The summed E-state index contributed by atoms with van der Waals surface area (Å²) in [5.41, 5.74) is 0.357. The molecule has 6 nitrogen and oxygen atoms in total. The lowest BCUT2D eigenvalue weighted by molar-refractivity contribution is 0.688. The van der Waals surface area contributed by atoms with Gasteiger partial charge >= 0.3 is 5.69 Å². The van der Waals surface area contributed by atoms with Crippen molar-refractivity contribution >= 4 is 23.2 Å². The van der Waals surface area contributed by atoms with E-state index in [1.165, 1.54) is 29.4 Å². The van der Waals surface area contributed by atoms with Gasteiger partial charge in [-0.3, -0.25) is 0 Å². The summed E-state index contributed by atoms with van der Waals surface area (Å²) in [7, 11) is 0. The van der Waals surface area contributed by atoms with Crippen LogP contribution in [0.5, 0.6) is 0 Å². The third-order valence-electron chi connectivity index (χ3n) is 3.15. The minimum atomic E-state index is -0.245. The normalized spacial score (nSPS) is 11.1. The molecule has 110 valence electrons. The highest BCUT2D eigenvalue weighted by molar-refractivity contribution is 7.98. The molecule has 0 unspecified atom stereocenters. The van der Waals surface area contributed by atoms with Gasteiger partial charge in [-0.05, 0) is 31.8 Å². The zero-order valence-electron chi connectivity index (χ0n) is 12.0. The van der Waals surface area contributed by atoms with Crippen LogP contribution < -0.4 is 11.0 Å². The van der Waals surface area contributed by atoms with Gasteiger partial charge in [0, 0.05) is 12.6 Å². The fourth-order valence-corrected chi connectivity index (χ4v) is 2.62. The van der Waals surface area contributed by atoms with Gasteiger partial charge in [0.05, 0.1) is 0 Å². The number of aromatic amines is 1. The lowest BCUT2D eigenvalue weighted by Gasteiger charge is -2.07. The minimum Gasteiger partial charge on any atom is -0.370 e. The van der Waals surface area contributed by atoms with Crippen molar-refractivity contribution in [2.45, 2.75) is 32.6 Å². The van der Waals surface area contributed by atoms with Gasteiger partial charge in [0.1, 0.15) is 11.6 Å². The quantitative estimate of drug-likeness (QED) is 0.729. The molecule has 0 aliphatic carbocycles. The second-order valence-corrected chi connectivity index (χ2v) is 5.73. The first-order valence-electron chi connectivity index (χ1n) is 6.90. The van der Waals surface area contributed by atoms with E-state index in [9.17, 15) is 4.79 Å². The first kappa shape index (κ1) is 14.9. The number of fused-ring (bicyclic) bond motifs is 1. The maximum Gasteiger partial charge on any atom is 0.349 e. The van der Waals surface area contributed by atoms with Crippen LogP contribution in [0.3, 0.4) is 0 Å². The summed E-state index contributed by atoms with van der Waals surface area (Å²) in [5.74, 6) is 2.67. The van der Waals surface area contributed by atoms with E-state index >= 15 is 0 Å². The second-order valence-electron chi connectivity index (χ2n) is 4.74. The fraction of sp³-hybridized carbons (Fsp3) is 0.615. The van der Waals surface area contributed by atoms with E-state index in [4.69, 9.17) is 0 Å². The number of rotatable bonds is 8. The van der Waals surface area contributed by atoms with Crippen molar-refractivity contribution in [1.82, 2.24) is 19.6 Å². The average molecular weight is 295 g/mol. The molecule has 0 aromatic carbocycles. The number of hydrogen-bond acceptors (Lipinski definition) is 5. The molecular formula is C13H21N5OS. The summed E-state index contributed by atoms with van der Waals surface area (Å²) in [4.78, 5) is 15.8. The van der Waals surface area contributed by atoms with E-state index in [2.05, 4.69) is 26.8 Å². The van der Waals surface area contributed by atoms with Gasteiger partial charge in [0.2, 0.25) is 0 Å². The van der Waals surface area contributed by atoms with E-state index in [1.807, 2.05) is 11.8 Å². The predicted octanol–water partition coefficient (Wildman–Crippen LogP) is 2.06. The molecule has 0 radical (unpaired) electrons. The van der Waals surface area contributed by atoms with E-state index in [0.717, 1.165) is 18.8 Å². The third kappa shape index (κ3) is 3.75. The van der Waals surface area contributed by atoms with Crippen LogP contribution in [0.4, 0.5) is 5.82 Å². The Bertz CT molecular complexity index is 606. The maximum absolute atomic E-state index is 11.5. The Labute approximate surface area is 122 Å². The van der Waals surface area contributed by atoms with Gasteiger partial charge in [-0.2, -0.15) is 16.9 Å². The van der Waals surface area contributed by atoms with Gasteiger partial charge in [-0.15, -0.1) is 0 Å². The molecule has 0 aliphatic heterocycles. The van der Waals surface area contributed by atoms with E-state index in [1.54, 1.807) is 13.0 Å². The number of nitrogens with one attached hydrogen (secondary N) is 2. The van der Waals surface area contributed by atoms with Crippen LogP contribution >= 0.6 is 11.8 Å². The zero-order chi connectivity index (χ0) is 14.4. The highest BCUT2D eigenvalue weighted by Gasteiger charge is 2.06. The van der Waals surface area contributed by atoms with Crippen molar-refractivity contribution in [2.75, 3.05) is 23.9 Å². The Hall–Kier alpha value is -1.50. The summed E-state index contributed by atoms with van der Waals surface area (Å²) in [5, 5.41) is 9.68. The van der Waals surface area contributed by atoms with Crippen LogP contribution in [0, 0.1) is 6.92 Å². The largest absolute Gasteiger partial charge is 0.370 e. The monoisotopic (exact) mass is 295 g/mol. The molecule has 0 saturated carbocycles. The standard InChI is InChI=1S/C13H21N5OS/c1-10-15-11(9-12-16-17-13(19)18(10)12)14-7-5-3-4-6-8-20-2/h9,14H,3-8H2,1-2H3,(H,17,19). The summed E-state index contributed by atoms with van der Waals surface area (Å²) in [6, 6.07) is 1.79. The lowest BCUT2D eigenvalue weighted by atomic mass is 10.2. The number of anilines is 1. The summed E-state index contributed by atoms with van der Waals surface area (Å²) in [6.45, 7) is 2.70. The summed E-state index contributed by atoms with van der Waals surface area (Å²) >= 11 is 1.90.